The van der Waals surface area contributed by atoms with E-state index in [0.717, 1.165) is 18.4 Å². The first-order chi connectivity index (χ1) is 11.3. The van der Waals surface area contributed by atoms with Crippen molar-refractivity contribution in [3.8, 4) is 0 Å². The van der Waals surface area contributed by atoms with Gasteiger partial charge < -0.3 is 4.74 Å². The van der Waals surface area contributed by atoms with E-state index in [1.165, 1.54) is 0 Å². The summed E-state index contributed by atoms with van der Waals surface area (Å²) in [7, 11) is -3.76. The second-order valence-corrected chi connectivity index (χ2v) is 8.53. The minimum Gasteiger partial charge on any atom is -0.462 e. The fourth-order valence-electron chi connectivity index (χ4n) is 2.15. The van der Waals surface area contributed by atoms with E-state index < -0.39 is 22.0 Å². The molecule has 0 saturated heterocycles. The second kappa shape index (κ2) is 10.1. The molecule has 0 heterocycles. The molecular weight excluding hydrogens is 346 g/mol. The molecule has 1 atom stereocenters. The summed E-state index contributed by atoms with van der Waals surface area (Å²) in [4.78, 5) is 12.3. The Bertz CT molecular complexity index is 612. The fraction of sp³-hybridized carbons (Fsp3) is 0.588. The molecule has 0 aliphatic carbocycles. The summed E-state index contributed by atoms with van der Waals surface area (Å²) >= 11 is 1.55. The molecule has 1 unspecified atom stereocenters. The highest BCUT2D eigenvalue weighted by Crippen LogP contribution is 2.14. The number of thioether (sulfide) groups is 1. The van der Waals surface area contributed by atoms with Crippen LogP contribution in [-0.2, 0) is 26.0 Å². The lowest BCUT2D eigenvalue weighted by Crippen LogP contribution is -2.42. The van der Waals surface area contributed by atoms with E-state index in [9.17, 15) is 13.2 Å². The topological polar surface area (TPSA) is 72.5 Å². The molecule has 0 saturated carbocycles. The number of carbonyl (C=O) groups is 1. The number of aryl methyl sites for hydroxylation is 1. The first-order valence-electron chi connectivity index (χ1n) is 8.10. The quantitative estimate of drug-likeness (QED) is 0.638. The minimum absolute atomic E-state index is 0.161. The van der Waals surface area contributed by atoms with Gasteiger partial charge >= 0.3 is 5.97 Å². The predicted octanol–water partition coefficient (Wildman–Crippen LogP) is 2.99. The molecule has 1 aromatic rings. The van der Waals surface area contributed by atoms with Crippen molar-refractivity contribution in [2.75, 3.05) is 12.0 Å². The van der Waals surface area contributed by atoms with Crippen LogP contribution in [0, 0.1) is 0 Å². The lowest BCUT2D eigenvalue weighted by molar-refractivity contribution is -0.149. The van der Waals surface area contributed by atoms with E-state index >= 15 is 0 Å². The largest absolute Gasteiger partial charge is 0.462 e. The van der Waals surface area contributed by atoms with Crippen molar-refractivity contribution in [1.82, 2.24) is 4.72 Å². The van der Waals surface area contributed by atoms with E-state index in [4.69, 9.17) is 4.74 Å². The number of carbonyl (C=O) groups excluding carboxylic acids is 1. The van der Waals surface area contributed by atoms with Gasteiger partial charge in [0.05, 0.1) is 11.0 Å². The summed E-state index contributed by atoms with van der Waals surface area (Å²) in [6.07, 6.45) is 3.92. The fourth-order valence-corrected chi connectivity index (χ4v) is 3.84. The zero-order valence-corrected chi connectivity index (χ0v) is 16.4. The smallest absolute Gasteiger partial charge is 0.324 e. The van der Waals surface area contributed by atoms with Gasteiger partial charge in [-0.3, -0.25) is 4.79 Å². The van der Waals surface area contributed by atoms with Gasteiger partial charge in [0.25, 0.3) is 0 Å². The van der Waals surface area contributed by atoms with Crippen LogP contribution < -0.4 is 4.72 Å². The SMILES string of the molecule is CCCc1ccc(S(=O)(=O)NC(CCSC)C(=O)OC(C)C)cc1. The molecule has 0 spiro atoms. The maximum absolute atomic E-state index is 12.5. The van der Waals surface area contributed by atoms with Gasteiger partial charge in [-0.1, -0.05) is 25.5 Å². The summed E-state index contributed by atoms with van der Waals surface area (Å²) in [5.74, 6) is 0.126. The summed E-state index contributed by atoms with van der Waals surface area (Å²) in [6.45, 7) is 5.55. The molecule has 0 fully saturated rings. The summed E-state index contributed by atoms with van der Waals surface area (Å²) in [5, 5.41) is 0. The van der Waals surface area contributed by atoms with Gasteiger partial charge in [-0.25, -0.2) is 8.42 Å². The van der Waals surface area contributed by atoms with Crippen molar-refractivity contribution >= 4 is 27.8 Å². The number of sulfonamides is 1. The first kappa shape index (κ1) is 21.0. The van der Waals surface area contributed by atoms with E-state index in [-0.39, 0.29) is 11.0 Å². The zero-order chi connectivity index (χ0) is 18.2. The first-order valence-corrected chi connectivity index (χ1v) is 11.0. The van der Waals surface area contributed by atoms with Crippen molar-refractivity contribution in [2.24, 2.45) is 0 Å². The van der Waals surface area contributed by atoms with Crippen molar-refractivity contribution in [3.63, 3.8) is 0 Å². The van der Waals surface area contributed by atoms with Crippen molar-refractivity contribution in [3.05, 3.63) is 29.8 Å². The molecule has 1 N–H and O–H groups in total. The normalized spacial score (nSPS) is 13.0. The van der Waals surface area contributed by atoms with Crippen molar-refractivity contribution in [1.29, 1.82) is 0 Å². The molecule has 5 nitrogen and oxygen atoms in total. The van der Waals surface area contributed by atoms with Gasteiger partial charge in [-0.15, -0.1) is 0 Å². The standard InChI is InChI=1S/C17H27NO4S2/c1-5-6-14-7-9-15(10-8-14)24(20,21)18-16(11-12-23-4)17(19)22-13(2)3/h7-10,13,16,18H,5-6,11-12H2,1-4H3. The van der Waals surface area contributed by atoms with Crippen LogP contribution in [0.15, 0.2) is 29.2 Å². The predicted molar refractivity (Wildman–Crippen MR) is 98.8 cm³/mol. The Morgan fingerprint density at radius 3 is 2.38 bits per heavy atom. The van der Waals surface area contributed by atoms with E-state index in [1.54, 1.807) is 49.9 Å². The zero-order valence-electron chi connectivity index (χ0n) is 14.7. The lowest BCUT2D eigenvalue weighted by Gasteiger charge is -2.19. The van der Waals surface area contributed by atoms with Crippen LogP contribution in [-0.4, -0.2) is 38.5 Å². The number of nitrogens with one attached hydrogen (secondary N) is 1. The average molecular weight is 374 g/mol. The minimum atomic E-state index is -3.76. The second-order valence-electron chi connectivity index (χ2n) is 5.83. The van der Waals surface area contributed by atoms with E-state index in [1.807, 2.05) is 6.26 Å². The Kier molecular flexibility index (Phi) is 8.80. The molecule has 0 radical (unpaired) electrons. The van der Waals surface area contributed by atoms with Crippen LogP contribution in [0.1, 0.15) is 39.2 Å². The lowest BCUT2D eigenvalue weighted by atomic mass is 10.1. The molecule has 1 aromatic carbocycles. The maximum Gasteiger partial charge on any atom is 0.324 e. The van der Waals surface area contributed by atoms with Crippen LogP contribution in [0.4, 0.5) is 0 Å². The highest BCUT2D eigenvalue weighted by Gasteiger charge is 2.27. The molecule has 7 heteroatoms. The van der Waals surface area contributed by atoms with Crippen LogP contribution in [0.5, 0.6) is 0 Å². The number of hydrogen-bond donors (Lipinski definition) is 1. The Labute approximate surface area is 149 Å². The summed E-state index contributed by atoms with van der Waals surface area (Å²) in [6, 6.07) is 5.89. The van der Waals surface area contributed by atoms with E-state index in [2.05, 4.69) is 11.6 Å². The average Bonchev–Trinajstić information content (AvgIpc) is 2.51. The third-order valence-electron chi connectivity index (χ3n) is 3.32. The molecule has 136 valence electrons. The Balaban J connectivity index is 2.90. The number of rotatable bonds is 10. The van der Waals surface area contributed by atoms with Crippen LogP contribution in [0.3, 0.4) is 0 Å². The third-order valence-corrected chi connectivity index (χ3v) is 5.45. The summed E-state index contributed by atoms with van der Waals surface area (Å²) < 4.78 is 32.7. The van der Waals surface area contributed by atoms with Crippen molar-refractivity contribution < 1.29 is 17.9 Å². The summed E-state index contributed by atoms with van der Waals surface area (Å²) in [5.41, 5.74) is 1.09. The van der Waals surface area contributed by atoms with Crippen molar-refractivity contribution in [2.45, 2.75) is 57.1 Å². The molecule has 0 aliphatic rings. The molecule has 0 aliphatic heterocycles. The maximum atomic E-state index is 12.5. The molecule has 0 aromatic heterocycles. The Hall–Kier alpha value is -1.05. The van der Waals surface area contributed by atoms with Gasteiger partial charge in [0.15, 0.2) is 0 Å². The van der Waals surface area contributed by atoms with Gasteiger partial charge in [-0.2, -0.15) is 16.5 Å². The highest BCUT2D eigenvalue weighted by atomic mass is 32.2. The molecule has 1 rings (SSSR count). The van der Waals surface area contributed by atoms with E-state index in [0.29, 0.717) is 12.2 Å². The number of hydrogen-bond acceptors (Lipinski definition) is 5. The van der Waals surface area contributed by atoms with Crippen LogP contribution >= 0.6 is 11.8 Å². The van der Waals surface area contributed by atoms with Gasteiger partial charge in [0.1, 0.15) is 6.04 Å². The third kappa shape index (κ3) is 6.83. The molecule has 24 heavy (non-hydrogen) atoms. The molecule has 0 bridgehead atoms. The monoisotopic (exact) mass is 373 g/mol. The Morgan fingerprint density at radius 2 is 1.88 bits per heavy atom. The van der Waals surface area contributed by atoms with Gasteiger partial charge in [0.2, 0.25) is 10.0 Å². The van der Waals surface area contributed by atoms with Crippen LogP contribution in [0.2, 0.25) is 0 Å². The van der Waals surface area contributed by atoms with Gasteiger partial charge in [-0.05, 0) is 56.4 Å². The Morgan fingerprint density at radius 1 is 1.25 bits per heavy atom. The number of esters is 1. The van der Waals surface area contributed by atoms with Gasteiger partial charge in [0, 0.05) is 0 Å². The highest BCUT2D eigenvalue weighted by molar-refractivity contribution is 7.98. The number of benzene rings is 1. The molecular formula is C17H27NO4S2. The molecule has 0 amide bonds. The van der Waals surface area contributed by atoms with Crippen LogP contribution in [0.25, 0.3) is 0 Å². The number of ether oxygens (including phenoxy) is 1.